The van der Waals surface area contributed by atoms with Gasteiger partial charge in [0.2, 0.25) is 0 Å². The summed E-state index contributed by atoms with van der Waals surface area (Å²) in [6.45, 7) is 4.20. The SMILES string of the molecule is CC(C)(C)OC(=O)NC1(C(=O)O)CCN(c2ccc(F)c(C(F)(F)F)c2C=O)C1. The van der Waals surface area contributed by atoms with E-state index in [0.29, 0.717) is 6.07 Å². The highest BCUT2D eigenvalue weighted by Gasteiger charge is 2.48. The summed E-state index contributed by atoms with van der Waals surface area (Å²) < 4.78 is 58.4. The van der Waals surface area contributed by atoms with Crippen molar-refractivity contribution in [1.82, 2.24) is 5.32 Å². The lowest BCUT2D eigenvalue weighted by atomic mass is 9.99. The number of anilines is 1. The number of halogens is 4. The first-order valence-corrected chi connectivity index (χ1v) is 8.54. The van der Waals surface area contributed by atoms with Gasteiger partial charge in [-0.25, -0.2) is 14.0 Å². The Morgan fingerprint density at radius 3 is 2.38 bits per heavy atom. The van der Waals surface area contributed by atoms with E-state index in [1.54, 1.807) is 20.8 Å². The zero-order valence-electron chi connectivity index (χ0n) is 15.9. The number of hydrogen-bond acceptors (Lipinski definition) is 5. The Bertz CT molecular complexity index is 835. The van der Waals surface area contributed by atoms with Crippen LogP contribution in [0.1, 0.15) is 43.1 Å². The molecule has 29 heavy (non-hydrogen) atoms. The molecule has 11 heteroatoms. The minimum Gasteiger partial charge on any atom is -0.479 e. The van der Waals surface area contributed by atoms with Gasteiger partial charge in [0.15, 0.2) is 11.8 Å². The van der Waals surface area contributed by atoms with Gasteiger partial charge in [-0.15, -0.1) is 0 Å². The molecule has 0 bridgehead atoms. The predicted molar refractivity (Wildman–Crippen MR) is 93.4 cm³/mol. The van der Waals surface area contributed by atoms with Gasteiger partial charge in [-0.2, -0.15) is 13.2 Å². The van der Waals surface area contributed by atoms with Crippen molar-refractivity contribution in [2.45, 2.75) is 44.5 Å². The van der Waals surface area contributed by atoms with Crippen molar-refractivity contribution in [3.8, 4) is 0 Å². The predicted octanol–water partition coefficient (Wildman–Crippen LogP) is 3.22. The number of carbonyl (C=O) groups excluding carboxylic acids is 2. The fourth-order valence-corrected chi connectivity index (χ4v) is 3.11. The molecule has 1 atom stereocenters. The second-order valence-corrected chi connectivity index (χ2v) is 7.66. The first-order chi connectivity index (χ1) is 13.2. The van der Waals surface area contributed by atoms with Gasteiger partial charge in [-0.3, -0.25) is 4.79 Å². The molecule has 0 saturated carbocycles. The zero-order valence-corrected chi connectivity index (χ0v) is 15.9. The van der Waals surface area contributed by atoms with Crippen LogP contribution in [0.15, 0.2) is 12.1 Å². The molecule has 1 aromatic rings. The molecular formula is C18H20F4N2O5. The maximum Gasteiger partial charge on any atom is 0.419 e. The van der Waals surface area contributed by atoms with Crippen LogP contribution >= 0.6 is 0 Å². The Kier molecular flexibility index (Phi) is 5.82. The van der Waals surface area contributed by atoms with Gasteiger partial charge in [0, 0.05) is 18.7 Å². The molecule has 0 aromatic heterocycles. The molecule has 1 aliphatic heterocycles. The van der Waals surface area contributed by atoms with E-state index in [4.69, 9.17) is 4.74 Å². The van der Waals surface area contributed by atoms with Crippen molar-refractivity contribution in [3.63, 3.8) is 0 Å². The second-order valence-electron chi connectivity index (χ2n) is 7.66. The van der Waals surface area contributed by atoms with E-state index in [1.165, 1.54) is 4.90 Å². The van der Waals surface area contributed by atoms with Crippen molar-refractivity contribution < 1.29 is 41.8 Å². The molecule has 1 fully saturated rings. The molecule has 1 heterocycles. The summed E-state index contributed by atoms with van der Waals surface area (Å²) >= 11 is 0. The van der Waals surface area contributed by atoms with Gasteiger partial charge in [0.05, 0.1) is 12.1 Å². The highest BCUT2D eigenvalue weighted by molar-refractivity contribution is 5.90. The number of alkyl halides is 3. The lowest BCUT2D eigenvalue weighted by Gasteiger charge is -2.29. The number of aliphatic carboxylic acids is 1. The van der Waals surface area contributed by atoms with Gasteiger partial charge >= 0.3 is 18.2 Å². The molecule has 1 amide bonds. The van der Waals surface area contributed by atoms with Crippen LogP contribution in [0.25, 0.3) is 0 Å². The Balaban J connectivity index is 2.39. The highest BCUT2D eigenvalue weighted by atomic mass is 19.4. The van der Waals surface area contributed by atoms with Crippen LogP contribution in [0.3, 0.4) is 0 Å². The molecule has 0 spiro atoms. The Labute approximate surface area is 163 Å². The Hall–Kier alpha value is -2.85. The summed E-state index contributed by atoms with van der Waals surface area (Å²) in [6, 6.07) is 1.53. The molecule has 160 valence electrons. The monoisotopic (exact) mass is 420 g/mol. The zero-order chi connectivity index (χ0) is 22.2. The van der Waals surface area contributed by atoms with Crippen LogP contribution in [0, 0.1) is 5.82 Å². The number of carboxylic acid groups (broad SMARTS) is 1. The average Bonchev–Trinajstić information content (AvgIpc) is 2.96. The van der Waals surface area contributed by atoms with Crippen LogP contribution in [-0.2, 0) is 15.7 Å². The normalized spacial score (nSPS) is 19.8. The maximum atomic E-state index is 13.7. The van der Waals surface area contributed by atoms with Gasteiger partial charge < -0.3 is 20.1 Å². The summed E-state index contributed by atoms with van der Waals surface area (Å²) in [4.78, 5) is 36.4. The summed E-state index contributed by atoms with van der Waals surface area (Å²) in [7, 11) is 0. The smallest absolute Gasteiger partial charge is 0.419 e. The molecule has 1 aliphatic rings. The molecule has 1 aromatic carbocycles. The number of nitrogens with zero attached hydrogens (tertiary/aromatic N) is 1. The van der Waals surface area contributed by atoms with Crippen LogP contribution in [-0.4, -0.2) is 47.7 Å². The number of alkyl carbamates (subject to hydrolysis) is 1. The summed E-state index contributed by atoms with van der Waals surface area (Å²) in [5.74, 6) is -3.03. The standard InChI is InChI=1S/C18H20F4N2O5/c1-16(2,3)29-15(28)23-17(14(26)27)6-7-24(9-17)12-5-4-11(19)13(10(12)8-25)18(20,21)22/h4-5,8H,6-7,9H2,1-3H3,(H,23,28)(H,26,27). The molecular weight excluding hydrogens is 400 g/mol. The lowest BCUT2D eigenvalue weighted by Crippen LogP contribution is -2.57. The quantitative estimate of drug-likeness (QED) is 0.574. The minimum atomic E-state index is -5.12. The van der Waals surface area contributed by atoms with Crippen LogP contribution in [0.4, 0.5) is 28.0 Å². The van der Waals surface area contributed by atoms with E-state index in [2.05, 4.69) is 5.32 Å². The van der Waals surface area contributed by atoms with Crippen LogP contribution in [0.2, 0.25) is 0 Å². The van der Waals surface area contributed by atoms with Gasteiger partial charge in [0.25, 0.3) is 0 Å². The number of aldehydes is 1. The number of carboxylic acids is 1. The van der Waals surface area contributed by atoms with E-state index in [9.17, 15) is 37.1 Å². The molecule has 0 radical (unpaired) electrons. The van der Waals surface area contributed by atoms with E-state index >= 15 is 0 Å². The summed E-state index contributed by atoms with van der Waals surface area (Å²) in [5, 5.41) is 11.9. The third-order valence-electron chi connectivity index (χ3n) is 4.33. The molecule has 0 aliphatic carbocycles. The molecule has 7 nitrogen and oxygen atoms in total. The fraction of sp³-hybridized carbons (Fsp3) is 0.500. The fourth-order valence-electron chi connectivity index (χ4n) is 3.11. The number of benzene rings is 1. The van der Waals surface area contributed by atoms with Gasteiger partial charge in [-0.1, -0.05) is 0 Å². The van der Waals surface area contributed by atoms with Crippen molar-refractivity contribution in [2.75, 3.05) is 18.0 Å². The van der Waals surface area contributed by atoms with Crippen molar-refractivity contribution in [1.29, 1.82) is 0 Å². The lowest BCUT2D eigenvalue weighted by molar-refractivity contribution is -0.144. The number of carbonyl (C=O) groups is 3. The number of amides is 1. The number of nitrogens with one attached hydrogen (secondary N) is 1. The first kappa shape index (κ1) is 22.4. The van der Waals surface area contributed by atoms with E-state index in [1.807, 2.05) is 0 Å². The summed E-state index contributed by atoms with van der Waals surface area (Å²) in [6.07, 6.45) is -6.41. The molecule has 2 rings (SSSR count). The van der Waals surface area contributed by atoms with Crippen LogP contribution in [0.5, 0.6) is 0 Å². The first-order valence-electron chi connectivity index (χ1n) is 8.54. The van der Waals surface area contributed by atoms with Crippen molar-refractivity contribution >= 4 is 24.0 Å². The van der Waals surface area contributed by atoms with Gasteiger partial charge in [0.1, 0.15) is 17.0 Å². The average molecular weight is 420 g/mol. The minimum absolute atomic E-state index is 0.0914. The molecule has 1 unspecified atom stereocenters. The highest BCUT2D eigenvalue weighted by Crippen LogP contribution is 2.39. The third kappa shape index (κ3) is 4.77. The Morgan fingerprint density at radius 2 is 1.90 bits per heavy atom. The van der Waals surface area contributed by atoms with E-state index in [-0.39, 0.29) is 24.9 Å². The van der Waals surface area contributed by atoms with E-state index in [0.717, 1.165) is 6.07 Å². The Morgan fingerprint density at radius 1 is 1.28 bits per heavy atom. The van der Waals surface area contributed by atoms with Gasteiger partial charge in [-0.05, 0) is 32.9 Å². The van der Waals surface area contributed by atoms with Crippen LogP contribution < -0.4 is 10.2 Å². The number of ether oxygens (including phenoxy) is 1. The number of hydrogen-bond donors (Lipinski definition) is 2. The van der Waals surface area contributed by atoms with E-state index < -0.39 is 52.9 Å². The molecule has 2 N–H and O–H groups in total. The topological polar surface area (TPSA) is 95.9 Å². The number of rotatable bonds is 4. The largest absolute Gasteiger partial charge is 0.479 e. The maximum absolute atomic E-state index is 13.7. The second kappa shape index (κ2) is 7.53. The summed E-state index contributed by atoms with van der Waals surface area (Å²) in [5.41, 5.74) is -5.68. The van der Waals surface area contributed by atoms with Crippen molar-refractivity contribution in [3.05, 3.63) is 29.1 Å². The molecule has 1 saturated heterocycles. The van der Waals surface area contributed by atoms with Crippen molar-refractivity contribution in [2.24, 2.45) is 0 Å². The third-order valence-corrected chi connectivity index (χ3v) is 4.33.